The van der Waals surface area contributed by atoms with Gasteiger partial charge >= 0.3 is 0 Å². The first kappa shape index (κ1) is 5.00. The minimum atomic E-state index is 0. The Morgan fingerprint density at radius 2 is 1.67 bits per heavy atom. The van der Waals surface area contributed by atoms with Gasteiger partial charge in [-0.2, -0.15) is 0 Å². The van der Waals surface area contributed by atoms with Crippen LogP contribution in [-0.4, -0.2) is 0 Å². The van der Waals surface area contributed by atoms with Crippen LogP contribution in [0.4, 0.5) is 0 Å². The second-order valence-corrected chi connectivity index (χ2v) is 2.26. The largest absolute Gasteiger partial charge is 0.372 e. The summed E-state index contributed by atoms with van der Waals surface area (Å²) in [7, 11) is 0. The van der Waals surface area contributed by atoms with Crippen LogP contribution in [0.3, 0.4) is 0 Å². The molecule has 1 heteroatoms. The van der Waals surface area contributed by atoms with E-state index >= 15 is 0 Å². The van der Waals surface area contributed by atoms with E-state index in [9.17, 15) is 0 Å². The van der Waals surface area contributed by atoms with Crippen LogP contribution in [0.1, 0.15) is 12.6 Å². The van der Waals surface area contributed by atoms with Crippen LogP contribution < -0.4 is 0 Å². The number of fused-ring (bicyclic) bond motifs is 1. The molecule has 0 aromatic heterocycles. The molecule has 0 unspecified atom stereocenters. The summed E-state index contributed by atoms with van der Waals surface area (Å²) in [4.78, 5) is 0. The summed E-state index contributed by atoms with van der Waals surface area (Å²) in [5.74, 6) is 0. The van der Waals surface area contributed by atoms with Crippen molar-refractivity contribution in [1.29, 1.82) is 0 Å². The fraction of sp³-hybridized carbons (Fsp3) is 0.250. The molecule has 0 atom stereocenters. The van der Waals surface area contributed by atoms with Crippen molar-refractivity contribution in [2.24, 2.45) is 0 Å². The SMILES string of the molecule is [1HH].c1ccc2c(c1)COC2. The van der Waals surface area contributed by atoms with Crippen LogP contribution in [0.5, 0.6) is 0 Å². The third kappa shape index (κ3) is 0.736. The lowest BCUT2D eigenvalue weighted by atomic mass is 10.1. The van der Waals surface area contributed by atoms with E-state index in [1.54, 1.807) is 0 Å². The van der Waals surface area contributed by atoms with Crippen LogP contribution in [0.25, 0.3) is 0 Å². The molecule has 1 heterocycles. The van der Waals surface area contributed by atoms with Gasteiger partial charge in [-0.05, 0) is 11.1 Å². The highest BCUT2D eigenvalue weighted by atomic mass is 16.5. The van der Waals surface area contributed by atoms with Gasteiger partial charge in [0.25, 0.3) is 0 Å². The lowest BCUT2D eigenvalue weighted by Gasteiger charge is -1.90. The maximum absolute atomic E-state index is 5.21. The number of ether oxygens (including phenoxy) is 1. The summed E-state index contributed by atoms with van der Waals surface area (Å²) in [5, 5.41) is 0. The second-order valence-electron chi connectivity index (χ2n) is 2.26. The molecule has 0 amide bonds. The van der Waals surface area contributed by atoms with Crippen LogP contribution in [0.2, 0.25) is 0 Å². The zero-order chi connectivity index (χ0) is 6.10. The Balaban J connectivity index is 0.000000500. The molecule has 9 heavy (non-hydrogen) atoms. The third-order valence-electron chi connectivity index (χ3n) is 1.63. The van der Waals surface area contributed by atoms with Crippen molar-refractivity contribution in [3.8, 4) is 0 Å². The van der Waals surface area contributed by atoms with Gasteiger partial charge in [0.05, 0.1) is 13.2 Å². The van der Waals surface area contributed by atoms with E-state index in [4.69, 9.17) is 4.74 Å². The van der Waals surface area contributed by atoms with Crippen molar-refractivity contribution in [1.82, 2.24) is 0 Å². The lowest BCUT2D eigenvalue weighted by Crippen LogP contribution is -1.77. The highest BCUT2D eigenvalue weighted by molar-refractivity contribution is 5.27. The van der Waals surface area contributed by atoms with Crippen LogP contribution >= 0.6 is 0 Å². The quantitative estimate of drug-likeness (QED) is 0.511. The van der Waals surface area contributed by atoms with Crippen molar-refractivity contribution < 1.29 is 6.16 Å². The molecule has 1 aromatic carbocycles. The molecule has 1 aromatic rings. The fourth-order valence-corrected chi connectivity index (χ4v) is 1.11. The van der Waals surface area contributed by atoms with Gasteiger partial charge in [0.15, 0.2) is 0 Å². The van der Waals surface area contributed by atoms with E-state index in [2.05, 4.69) is 12.1 Å². The lowest BCUT2D eigenvalue weighted by molar-refractivity contribution is 0.134. The first-order valence-corrected chi connectivity index (χ1v) is 3.11. The van der Waals surface area contributed by atoms with Crippen LogP contribution in [-0.2, 0) is 18.0 Å². The van der Waals surface area contributed by atoms with E-state index < -0.39 is 0 Å². The summed E-state index contributed by atoms with van der Waals surface area (Å²) in [6.45, 7) is 1.60. The summed E-state index contributed by atoms with van der Waals surface area (Å²) >= 11 is 0. The molecule has 1 aliphatic rings. The Morgan fingerprint density at radius 3 is 2.22 bits per heavy atom. The molecule has 0 N–H and O–H groups in total. The van der Waals surface area contributed by atoms with Gasteiger partial charge in [-0.1, -0.05) is 24.3 Å². The van der Waals surface area contributed by atoms with Gasteiger partial charge in [-0.25, -0.2) is 0 Å². The van der Waals surface area contributed by atoms with Crippen molar-refractivity contribution in [3.63, 3.8) is 0 Å². The summed E-state index contributed by atoms with van der Waals surface area (Å²) in [6, 6.07) is 8.33. The number of hydrogen-bond donors (Lipinski definition) is 0. The maximum Gasteiger partial charge on any atom is 0.0724 e. The smallest absolute Gasteiger partial charge is 0.0724 e. The zero-order valence-electron chi connectivity index (χ0n) is 5.13. The Hall–Kier alpha value is -0.820. The molecule has 0 saturated carbocycles. The average molecular weight is 122 g/mol. The van der Waals surface area contributed by atoms with Crippen molar-refractivity contribution in [2.75, 3.05) is 0 Å². The molecule has 1 nitrogen and oxygen atoms in total. The number of rotatable bonds is 0. The minimum absolute atomic E-state index is 0. The predicted molar refractivity (Wildman–Crippen MR) is 37.0 cm³/mol. The van der Waals surface area contributed by atoms with Crippen LogP contribution in [0.15, 0.2) is 24.3 Å². The topological polar surface area (TPSA) is 9.23 Å². The van der Waals surface area contributed by atoms with E-state index in [1.807, 2.05) is 12.1 Å². The molecule has 48 valence electrons. The van der Waals surface area contributed by atoms with Gasteiger partial charge in [-0.15, -0.1) is 0 Å². The highest BCUT2D eigenvalue weighted by Crippen LogP contribution is 2.17. The van der Waals surface area contributed by atoms with Crippen LogP contribution in [0, 0.1) is 0 Å². The fourth-order valence-electron chi connectivity index (χ4n) is 1.11. The first-order chi connectivity index (χ1) is 4.47. The van der Waals surface area contributed by atoms with Crippen molar-refractivity contribution in [3.05, 3.63) is 35.4 Å². The summed E-state index contributed by atoms with van der Waals surface area (Å²) < 4.78 is 5.21. The van der Waals surface area contributed by atoms with E-state index in [1.165, 1.54) is 11.1 Å². The highest BCUT2D eigenvalue weighted by Gasteiger charge is 2.07. The summed E-state index contributed by atoms with van der Waals surface area (Å²) in [5.41, 5.74) is 2.69. The zero-order valence-corrected chi connectivity index (χ0v) is 5.13. The molecule has 0 fully saturated rings. The molecule has 0 spiro atoms. The van der Waals surface area contributed by atoms with Gasteiger partial charge in [-0.3, -0.25) is 0 Å². The Kier molecular flexibility index (Phi) is 1.03. The van der Waals surface area contributed by atoms with E-state index in [-0.39, 0.29) is 1.43 Å². The Bertz CT molecular complexity index is 199. The molecular weight excluding hydrogens is 112 g/mol. The minimum Gasteiger partial charge on any atom is -0.372 e. The first-order valence-electron chi connectivity index (χ1n) is 3.11. The van der Waals surface area contributed by atoms with Crippen molar-refractivity contribution in [2.45, 2.75) is 13.2 Å². The van der Waals surface area contributed by atoms with Gasteiger partial charge in [0.1, 0.15) is 0 Å². The predicted octanol–water partition coefficient (Wildman–Crippen LogP) is 1.96. The average Bonchev–Trinajstić information content (AvgIpc) is 2.33. The molecule has 1 aliphatic heterocycles. The molecule has 0 saturated heterocycles. The van der Waals surface area contributed by atoms with Crippen molar-refractivity contribution >= 4 is 0 Å². The third-order valence-corrected chi connectivity index (χ3v) is 1.63. The van der Waals surface area contributed by atoms with Gasteiger partial charge < -0.3 is 4.74 Å². The molecule has 0 radical (unpaired) electrons. The molecule has 2 rings (SSSR count). The number of benzene rings is 1. The summed E-state index contributed by atoms with van der Waals surface area (Å²) in [6.07, 6.45) is 0. The van der Waals surface area contributed by atoms with Gasteiger partial charge in [0.2, 0.25) is 0 Å². The Labute approximate surface area is 55.8 Å². The number of hydrogen-bond acceptors (Lipinski definition) is 1. The Morgan fingerprint density at radius 1 is 1.11 bits per heavy atom. The monoisotopic (exact) mass is 122 g/mol. The molecule has 0 bridgehead atoms. The normalized spacial score (nSPS) is 15.6. The molecule has 0 aliphatic carbocycles. The maximum atomic E-state index is 5.21. The van der Waals surface area contributed by atoms with Gasteiger partial charge in [0, 0.05) is 1.43 Å². The second kappa shape index (κ2) is 1.85. The van der Waals surface area contributed by atoms with E-state index in [0.717, 1.165) is 13.2 Å². The van der Waals surface area contributed by atoms with E-state index in [0.29, 0.717) is 0 Å². The molecular formula is C8H10O. The standard InChI is InChI=1S/C8H8O.H2/c1-2-4-8-6-9-5-7(8)3-1;/h1-4H,5-6H2;1H/i;1+0.